The van der Waals surface area contributed by atoms with Crippen molar-refractivity contribution in [1.29, 1.82) is 0 Å². The van der Waals surface area contributed by atoms with Gasteiger partial charge >= 0.3 is 0 Å². The number of nitrogens with one attached hydrogen (secondary N) is 1. The molecule has 0 saturated carbocycles. The van der Waals surface area contributed by atoms with Crippen molar-refractivity contribution in [2.45, 2.75) is 0 Å². The molecule has 5 heteroatoms. The average molecular weight is 287 g/mol. The summed E-state index contributed by atoms with van der Waals surface area (Å²) in [5.41, 5.74) is 0.245. The van der Waals surface area contributed by atoms with Gasteiger partial charge in [-0.05, 0) is 24.3 Å². The minimum atomic E-state index is -0.336. The van der Waals surface area contributed by atoms with Gasteiger partial charge in [0.05, 0.1) is 19.2 Å². The lowest BCUT2D eigenvalue weighted by Gasteiger charge is -2.11. The third-order valence-corrected chi connectivity index (χ3v) is 2.86. The molecule has 110 valence electrons. The Labute approximate surface area is 123 Å². The van der Waals surface area contributed by atoms with E-state index < -0.39 is 0 Å². The molecule has 0 aliphatic heterocycles. The zero-order valence-corrected chi connectivity index (χ0v) is 11.7. The smallest absolute Gasteiger partial charge is 0.255 e. The summed E-state index contributed by atoms with van der Waals surface area (Å²) in [6, 6.07) is 13.7. The highest BCUT2D eigenvalue weighted by Crippen LogP contribution is 2.25. The summed E-state index contributed by atoms with van der Waals surface area (Å²) in [7, 11) is 1.57. The van der Waals surface area contributed by atoms with Crippen LogP contribution in [-0.2, 0) is 0 Å². The van der Waals surface area contributed by atoms with Crippen LogP contribution in [0.5, 0.6) is 17.2 Å². The first kappa shape index (κ1) is 14.7. The predicted octanol–water partition coefficient (Wildman–Crippen LogP) is 2.21. The Morgan fingerprint density at radius 1 is 1.10 bits per heavy atom. The van der Waals surface area contributed by atoms with E-state index in [4.69, 9.17) is 9.47 Å². The average Bonchev–Trinajstić information content (AvgIpc) is 2.52. The number of hydrogen-bond donors (Lipinski definition) is 2. The number of amides is 1. The lowest BCUT2D eigenvalue weighted by Crippen LogP contribution is -2.28. The minimum absolute atomic E-state index is 0.0411. The van der Waals surface area contributed by atoms with Gasteiger partial charge in [0.2, 0.25) is 0 Å². The largest absolute Gasteiger partial charge is 0.507 e. The molecule has 5 nitrogen and oxygen atoms in total. The summed E-state index contributed by atoms with van der Waals surface area (Å²) in [5, 5.41) is 12.3. The van der Waals surface area contributed by atoms with Crippen molar-refractivity contribution in [2.75, 3.05) is 20.3 Å². The number of methoxy groups -OCH3 is 1. The van der Waals surface area contributed by atoms with Gasteiger partial charge in [-0.3, -0.25) is 4.79 Å². The molecule has 0 aromatic heterocycles. The summed E-state index contributed by atoms with van der Waals surface area (Å²) >= 11 is 0. The van der Waals surface area contributed by atoms with Crippen LogP contribution in [-0.4, -0.2) is 31.3 Å². The number of para-hydroxylation sites is 3. The molecular weight excluding hydrogens is 270 g/mol. The highest BCUT2D eigenvalue weighted by Gasteiger charge is 2.09. The van der Waals surface area contributed by atoms with Crippen molar-refractivity contribution in [3.63, 3.8) is 0 Å². The SMILES string of the molecule is COc1ccccc1OCCNC(=O)c1ccccc1O. The van der Waals surface area contributed by atoms with Gasteiger partial charge in [0, 0.05) is 0 Å². The quantitative estimate of drug-likeness (QED) is 0.799. The normalized spacial score (nSPS) is 9.95. The molecule has 2 aromatic carbocycles. The molecule has 1 amide bonds. The Hall–Kier alpha value is -2.69. The van der Waals surface area contributed by atoms with Crippen LogP contribution in [0, 0.1) is 0 Å². The second-order valence-electron chi connectivity index (χ2n) is 4.27. The molecule has 2 N–H and O–H groups in total. The van der Waals surface area contributed by atoms with E-state index in [9.17, 15) is 9.90 Å². The Bertz CT molecular complexity index is 613. The summed E-state index contributed by atoms with van der Waals surface area (Å²) in [6.07, 6.45) is 0. The molecule has 0 spiro atoms. The first-order valence-electron chi connectivity index (χ1n) is 6.54. The molecule has 0 radical (unpaired) electrons. The minimum Gasteiger partial charge on any atom is -0.507 e. The number of carbonyl (C=O) groups excluding carboxylic acids is 1. The number of phenolic OH excluding ortho intramolecular Hbond substituents is 1. The molecule has 0 aliphatic carbocycles. The molecule has 2 rings (SSSR count). The summed E-state index contributed by atoms with van der Waals surface area (Å²) in [5.74, 6) is 0.888. The third-order valence-electron chi connectivity index (χ3n) is 2.86. The van der Waals surface area contributed by atoms with Crippen molar-refractivity contribution in [3.05, 3.63) is 54.1 Å². The van der Waals surface area contributed by atoms with Crippen LogP contribution in [0.25, 0.3) is 0 Å². The summed E-state index contributed by atoms with van der Waals surface area (Å²) in [6.45, 7) is 0.630. The lowest BCUT2D eigenvalue weighted by atomic mass is 10.2. The second kappa shape index (κ2) is 7.19. The van der Waals surface area contributed by atoms with E-state index in [0.717, 1.165) is 0 Å². The number of carbonyl (C=O) groups is 1. The zero-order chi connectivity index (χ0) is 15.1. The van der Waals surface area contributed by atoms with E-state index in [1.54, 1.807) is 37.4 Å². The van der Waals surface area contributed by atoms with Crippen LogP contribution < -0.4 is 14.8 Å². The highest BCUT2D eigenvalue weighted by molar-refractivity contribution is 5.96. The maximum atomic E-state index is 11.8. The van der Waals surface area contributed by atoms with E-state index in [0.29, 0.717) is 24.7 Å². The van der Waals surface area contributed by atoms with Gasteiger partial charge in [-0.15, -0.1) is 0 Å². The molecule has 0 fully saturated rings. The highest BCUT2D eigenvalue weighted by atomic mass is 16.5. The van der Waals surface area contributed by atoms with Gasteiger partial charge in [-0.25, -0.2) is 0 Å². The Kier molecular flexibility index (Phi) is 5.04. The molecule has 0 bridgehead atoms. The van der Waals surface area contributed by atoms with E-state index in [-0.39, 0.29) is 17.2 Å². The van der Waals surface area contributed by atoms with E-state index >= 15 is 0 Å². The van der Waals surface area contributed by atoms with Gasteiger partial charge in [0.15, 0.2) is 11.5 Å². The molecule has 0 unspecified atom stereocenters. The molecule has 0 saturated heterocycles. The van der Waals surface area contributed by atoms with Crippen molar-refractivity contribution in [2.24, 2.45) is 0 Å². The number of rotatable bonds is 6. The van der Waals surface area contributed by atoms with Crippen molar-refractivity contribution in [3.8, 4) is 17.2 Å². The first-order valence-corrected chi connectivity index (χ1v) is 6.54. The second-order valence-corrected chi connectivity index (χ2v) is 4.27. The standard InChI is InChI=1S/C16H17NO4/c1-20-14-8-4-5-9-15(14)21-11-10-17-16(19)12-6-2-3-7-13(12)18/h2-9,18H,10-11H2,1H3,(H,17,19). The van der Waals surface area contributed by atoms with Crippen LogP contribution in [0.1, 0.15) is 10.4 Å². The van der Waals surface area contributed by atoms with E-state index in [1.807, 2.05) is 12.1 Å². The Morgan fingerprint density at radius 2 is 1.76 bits per heavy atom. The predicted molar refractivity (Wildman–Crippen MR) is 78.9 cm³/mol. The number of phenols is 1. The monoisotopic (exact) mass is 287 g/mol. The Balaban J connectivity index is 1.82. The number of ether oxygens (including phenoxy) is 2. The maximum Gasteiger partial charge on any atom is 0.255 e. The summed E-state index contributed by atoms with van der Waals surface area (Å²) in [4.78, 5) is 11.8. The number of benzene rings is 2. The van der Waals surface area contributed by atoms with Crippen molar-refractivity contribution < 1.29 is 19.4 Å². The van der Waals surface area contributed by atoms with Gasteiger partial charge in [-0.1, -0.05) is 24.3 Å². The zero-order valence-electron chi connectivity index (χ0n) is 11.7. The third kappa shape index (κ3) is 3.89. The first-order chi connectivity index (χ1) is 10.2. The molecule has 21 heavy (non-hydrogen) atoms. The van der Waals surface area contributed by atoms with Crippen LogP contribution in [0.4, 0.5) is 0 Å². The van der Waals surface area contributed by atoms with E-state index in [2.05, 4.69) is 5.32 Å². The van der Waals surface area contributed by atoms with Crippen LogP contribution in [0.15, 0.2) is 48.5 Å². The van der Waals surface area contributed by atoms with Crippen LogP contribution in [0.3, 0.4) is 0 Å². The van der Waals surface area contributed by atoms with Crippen molar-refractivity contribution in [1.82, 2.24) is 5.32 Å². The molecule has 0 atom stereocenters. The number of aromatic hydroxyl groups is 1. The fraction of sp³-hybridized carbons (Fsp3) is 0.188. The molecule has 0 heterocycles. The van der Waals surface area contributed by atoms with Crippen LogP contribution >= 0.6 is 0 Å². The maximum absolute atomic E-state index is 11.8. The Morgan fingerprint density at radius 3 is 2.48 bits per heavy atom. The van der Waals surface area contributed by atoms with Crippen LogP contribution in [0.2, 0.25) is 0 Å². The summed E-state index contributed by atoms with van der Waals surface area (Å²) < 4.78 is 10.7. The fourth-order valence-corrected chi connectivity index (χ4v) is 1.82. The fourth-order valence-electron chi connectivity index (χ4n) is 1.82. The lowest BCUT2D eigenvalue weighted by molar-refractivity contribution is 0.0944. The van der Waals surface area contributed by atoms with Gasteiger partial charge < -0.3 is 19.9 Å². The topological polar surface area (TPSA) is 67.8 Å². The van der Waals surface area contributed by atoms with Gasteiger partial charge in [-0.2, -0.15) is 0 Å². The van der Waals surface area contributed by atoms with Gasteiger partial charge in [0.25, 0.3) is 5.91 Å². The molecular formula is C16H17NO4. The molecule has 0 aliphatic rings. The van der Waals surface area contributed by atoms with Crippen molar-refractivity contribution >= 4 is 5.91 Å². The van der Waals surface area contributed by atoms with E-state index in [1.165, 1.54) is 6.07 Å². The molecule has 2 aromatic rings. The van der Waals surface area contributed by atoms with Gasteiger partial charge in [0.1, 0.15) is 12.4 Å². The number of hydrogen-bond acceptors (Lipinski definition) is 4.